The lowest BCUT2D eigenvalue weighted by atomic mass is 10.0. The van der Waals surface area contributed by atoms with Crippen molar-refractivity contribution < 1.29 is 23.9 Å². The van der Waals surface area contributed by atoms with Crippen molar-refractivity contribution in [2.75, 3.05) is 16.8 Å². The van der Waals surface area contributed by atoms with Gasteiger partial charge in [0, 0.05) is 36.6 Å². The van der Waals surface area contributed by atoms with Crippen molar-refractivity contribution in [3.63, 3.8) is 0 Å². The fourth-order valence-corrected chi connectivity index (χ4v) is 6.77. The molecule has 1 aliphatic carbocycles. The molecule has 244 valence electrons. The predicted molar refractivity (Wildman–Crippen MR) is 179 cm³/mol. The first-order chi connectivity index (χ1) is 21.8. The number of hydrogen-bond acceptors (Lipinski definition) is 8. The van der Waals surface area contributed by atoms with E-state index >= 15 is 0 Å². The second kappa shape index (κ2) is 13.5. The average Bonchev–Trinajstić information content (AvgIpc) is 3.55. The van der Waals surface area contributed by atoms with Gasteiger partial charge in [-0.15, -0.1) is 11.3 Å². The van der Waals surface area contributed by atoms with Gasteiger partial charge in [0.25, 0.3) is 5.91 Å². The average molecular weight is 648 g/mol. The number of ether oxygens (including phenoxy) is 1. The van der Waals surface area contributed by atoms with Crippen LogP contribution in [0.15, 0.2) is 36.7 Å². The molecule has 0 spiro atoms. The van der Waals surface area contributed by atoms with Gasteiger partial charge in [-0.25, -0.2) is 14.6 Å². The third kappa shape index (κ3) is 7.47. The monoisotopic (exact) mass is 647 g/mol. The third-order valence-electron chi connectivity index (χ3n) is 7.64. The first-order valence-corrected chi connectivity index (χ1v) is 16.3. The summed E-state index contributed by atoms with van der Waals surface area (Å²) < 4.78 is 5.18. The van der Waals surface area contributed by atoms with Crippen molar-refractivity contribution in [1.29, 1.82) is 0 Å². The Morgan fingerprint density at radius 1 is 1.15 bits per heavy atom. The molecular weight excluding hydrogens is 606 g/mol. The normalized spacial score (nSPS) is 17.8. The third-order valence-corrected chi connectivity index (χ3v) is 8.74. The fourth-order valence-electron chi connectivity index (χ4n) is 5.75. The summed E-state index contributed by atoms with van der Waals surface area (Å²) in [6.45, 7) is 11.7. The zero-order chi connectivity index (χ0) is 33.2. The van der Waals surface area contributed by atoms with Crippen molar-refractivity contribution in [3.05, 3.63) is 52.8 Å². The smallest absolute Gasteiger partial charge is 0.407 e. The molecule has 46 heavy (non-hydrogen) atoms. The van der Waals surface area contributed by atoms with E-state index in [4.69, 9.17) is 4.74 Å². The lowest BCUT2D eigenvalue weighted by Crippen LogP contribution is -2.48. The number of amides is 5. The van der Waals surface area contributed by atoms with Gasteiger partial charge in [0.1, 0.15) is 15.3 Å². The summed E-state index contributed by atoms with van der Waals surface area (Å²) in [4.78, 5) is 63.3. The van der Waals surface area contributed by atoms with Gasteiger partial charge in [-0.2, -0.15) is 0 Å². The van der Waals surface area contributed by atoms with Crippen LogP contribution in [0.3, 0.4) is 0 Å². The Bertz CT molecular complexity index is 1690. The summed E-state index contributed by atoms with van der Waals surface area (Å²) in [5.74, 6) is -0.199. The Hall–Kier alpha value is -4.52. The minimum atomic E-state index is -0.609. The van der Waals surface area contributed by atoms with Crippen LogP contribution in [0.25, 0.3) is 10.2 Å². The lowest BCUT2D eigenvalue weighted by Gasteiger charge is -2.29. The largest absolute Gasteiger partial charge is 0.444 e. The van der Waals surface area contributed by atoms with Crippen LogP contribution in [0, 0.1) is 12.8 Å². The second-order valence-corrected chi connectivity index (χ2v) is 14.1. The summed E-state index contributed by atoms with van der Waals surface area (Å²) >= 11 is 1.22. The molecule has 0 aromatic carbocycles. The molecule has 4 heterocycles. The number of alkyl carbamates (subject to hydrolysis) is 1. The highest BCUT2D eigenvalue weighted by Gasteiger charge is 2.35. The molecule has 5 amide bonds. The van der Waals surface area contributed by atoms with E-state index in [9.17, 15) is 19.2 Å². The Labute approximate surface area is 272 Å². The first-order valence-electron chi connectivity index (χ1n) is 15.5. The highest BCUT2D eigenvalue weighted by molar-refractivity contribution is 7.21. The molecular formula is C33H41N7O5S. The Morgan fingerprint density at radius 3 is 2.59 bits per heavy atom. The highest BCUT2D eigenvalue weighted by Crippen LogP contribution is 2.46. The number of urea groups is 1. The van der Waals surface area contributed by atoms with Gasteiger partial charge in [0.05, 0.1) is 28.6 Å². The van der Waals surface area contributed by atoms with Gasteiger partial charge < -0.3 is 26.0 Å². The summed E-state index contributed by atoms with van der Waals surface area (Å²) in [5.41, 5.74) is 3.02. The maximum Gasteiger partial charge on any atom is 0.407 e. The van der Waals surface area contributed by atoms with E-state index in [0.717, 1.165) is 24.1 Å². The van der Waals surface area contributed by atoms with Crippen molar-refractivity contribution in [3.8, 4) is 0 Å². The summed E-state index contributed by atoms with van der Waals surface area (Å²) in [7, 11) is 0. The number of nitrogens with zero attached hydrogens (tertiary/aromatic N) is 3. The number of anilines is 3. The Morgan fingerprint density at radius 2 is 1.89 bits per heavy atom. The zero-order valence-electron chi connectivity index (χ0n) is 27.0. The number of hydrogen-bond donors (Lipinski definition) is 4. The number of thiophene rings is 1. The molecule has 5 rings (SSSR count). The molecule has 3 aromatic heterocycles. The molecule has 2 aliphatic rings. The summed E-state index contributed by atoms with van der Waals surface area (Å²) in [6.07, 6.45) is 8.78. The van der Waals surface area contributed by atoms with Crippen molar-refractivity contribution in [2.24, 2.45) is 5.92 Å². The van der Waals surface area contributed by atoms with Crippen LogP contribution in [0.4, 0.5) is 26.7 Å². The van der Waals surface area contributed by atoms with E-state index in [-0.39, 0.29) is 36.5 Å². The molecule has 1 fully saturated rings. The molecule has 12 nitrogen and oxygen atoms in total. The van der Waals surface area contributed by atoms with Crippen molar-refractivity contribution >= 4 is 62.6 Å². The zero-order valence-corrected chi connectivity index (χ0v) is 27.8. The summed E-state index contributed by atoms with van der Waals surface area (Å²) in [5, 5.41) is 12.3. The van der Waals surface area contributed by atoms with E-state index in [2.05, 4.69) is 45.1 Å². The van der Waals surface area contributed by atoms with Crippen LogP contribution in [0.1, 0.15) is 74.8 Å². The maximum atomic E-state index is 13.6. The topological polar surface area (TPSA) is 155 Å². The minimum Gasteiger partial charge on any atom is -0.444 e. The SMILES string of the molecule is Cc1cc(CC(C)C)ncc1N1C(=O)Nc2c(C(=O)N[C@@H]3CCC[C@@H]3NC(=O)/C=C/CNC(=O)OC(C)(C)C)sc3nccc1c23. The summed E-state index contributed by atoms with van der Waals surface area (Å²) in [6, 6.07) is 2.85. The maximum absolute atomic E-state index is 13.6. The number of carbonyl (C=O) groups is 4. The van der Waals surface area contributed by atoms with Crippen LogP contribution in [-0.4, -0.2) is 58.1 Å². The van der Waals surface area contributed by atoms with E-state index < -0.39 is 11.7 Å². The van der Waals surface area contributed by atoms with Crippen molar-refractivity contribution in [1.82, 2.24) is 25.9 Å². The van der Waals surface area contributed by atoms with E-state index in [1.165, 1.54) is 23.5 Å². The molecule has 1 aliphatic heterocycles. The lowest BCUT2D eigenvalue weighted by molar-refractivity contribution is -0.117. The van der Waals surface area contributed by atoms with Gasteiger partial charge in [-0.3, -0.25) is 19.5 Å². The van der Waals surface area contributed by atoms with Gasteiger partial charge >= 0.3 is 12.1 Å². The molecule has 0 radical (unpaired) electrons. The standard InChI is InChI=1S/C33H41N7O5S/c1-18(2)15-20-16-19(3)24(17-36-20)40-23-12-14-34-30-26(23)27(39-31(40)43)28(46-30)29(42)38-22-10-7-9-21(22)37-25(41)11-8-13-35-32(44)45-33(4,5)6/h8,11-12,14,16-18,21-22H,7,9-10,13,15H2,1-6H3,(H,35,44)(H,37,41)(H,38,42)(H,39,43)/b11-8+/t21-,22+/m0/s1. The molecule has 1 saturated carbocycles. The first kappa shape index (κ1) is 32.9. The molecule has 2 atom stereocenters. The van der Waals surface area contributed by atoms with E-state index in [1.807, 2.05) is 13.0 Å². The van der Waals surface area contributed by atoms with Crippen LogP contribution >= 0.6 is 11.3 Å². The van der Waals surface area contributed by atoms with Crippen LogP contribution in [0.5, 0.6) is 0 Å². The number of rotatable bonds is 9. The van der Waals surface area contributed by atoms with Crippen LogP contribution < -0.4 is 26.2 Å². The number of carbonyl (C=O) groups excluding carboxylic acids is 4. The molecule has 4 N–H and O–H groups in total. The van der Waals surface area contributed by atoms with Crippen molar-refractivity contribution in [2.45, 2.75) is 84.9 Å². The Kier molecular flexibility index (Phi) is 9.61. The number of aromatic nitrogens is 2. The minimum absolute atomic E-state index is 0.139. The van der Waals surface area contributed by atoms with E-state index in [0.29, 0.717) is 50.9 Å². The molecule has 0 unspecified atom stereocenters. The fraction of sp³-hybridized carbons (Fsp3) is 0.455. The van der Waals surface area contributed by atoms with Crippen LogP contribution in [-0.2, 0) is 16.0 Å². The van der Waals surface area contributed by atoms with Gasteiger partial charge in [0.15, 0.2) is 0 Å². The number of aryl methyl sites for hydroxylation is 1. The second-order valence-electron chi connectivity index (χ2n) is 13.1. The predicted octanol–water partition coefficient (Wildman–Crippen LogP) is 5.73. The van der Waals surface area contributed by atoms with Crippen LogP contribution in [0.2, 0.25) is 0 Å². The van der Waals surface area contributed by atoms with Gasteiger partial charge in [-0.05, 0) is 77.0 Å². The van der Waals surface area contributed by atoms with Gasteiger partial charge in [-0.1, -0.05) is 19.9 Å². The number of nitrogens with one attached hydrogen (secondary N) is 4. The quantitative estimate of drug-likeness (QED) is 0.216. The number of pyridine rings is 2. The molecule has 0 bridgehead atoms. The molecule has 3 aromatic rings. The molecule has 0 saturated heterocycles. The Balaban J connectivity index is 1.28. The van der Waals surface area contributed by atoms with Gasteiger partial charge in [0.2, 0.25) is 5.91 Å². The highest BCUT2D eigenvalue weighted by atomic mass is 32.1. The van der Waals surface area contributed by atoms with E-state index in [1.54, 1.807) is 44.1 Å². The molecule has 13 heteroatoms.